The summed E-state index contributed by atoms with van der Waals surface area (Å²) in [4.78, 5) is 25.9. The summed E-state index contributed by atoms with van der Waals surface area (Å²) in [6.07, 6.45) is 1.66. The van der Waals surface area contributed by atoms with Gasteiger partial charge in [-0.1, -0.05) is 0 Å². The fraction of sp³-hybridized carbons (Fsp3) is 0.444. The van der Waals surface area contributed by atoms with Crippen molar-refractivity contribution in [2.45, 2.75) is 18.9 Å². The molecule has 1 atom stereocenters. The average Bonchev–Trinajstić information content (AvgIpc) is 2.70. The highest BCUT2D eigenvalue weighted by Crippen LogP contribution is 2.18. The van der Waals surface area contributed by atoms with Crippen molar-refractivity contribution >= 4 is 28.3 Å². The number of rotatable bonds is 3. The second kappa shape index (κ2) is 4.48. The molecule has 0 spiro atoms. The molecule has 1 saturated heterocycles. The molecule has 0 radical (unpaired) electrons. The van der Waals surface area contributed by atoms with Crippen LogP contribution in [0.15, 0.2) is 5.38 Å². The number of thiazole rings is 1. The first-order valence-corrected chi connectivity index (χ1v) is 5.78. The molecule has 1 aliphatic heterocycles. The lowest BCUT2D eigenvalue weighted by Gasteiger charge is -2.22. The van der Waals surface area contributed by atoms with Crippen LogP contribution >= 0.6 is 11.3 Å². The van der Waals surface area contributed by atoms with Crippen LogP contribution in [0.4, 0.5) is 5.13 Å². The summed E-state index contributed by atoms with van der Waals surface area (Å²) in [5.74, 6) is -1.12. The van der Waals surface area contributed by atoms with Crippen LogP contribution in [-0.4, -0.2) is 34.6 Å². The zero-order valence-electron chi connectivity index (χ0n) is 8.40. The van der Waals surface area contributed by atoms with E-state index in [0.29, 0.717) is 11.7 Å². The Morgan fingerprint density at radius 1 is 1.69 bits per heavy atom. The van der Waals surface area contributed by atoms with Crippen LogP contribution in [0.3, 0.4) is 0 Å². The molecule has 1 unspecified atom stereocenters. The molecule has 86 valence electrons. The van der Waals surface area contributed by atoms with Crippen LogP contribution in [0.25, 0.3) is 0 Å². The normalized spacial score (nSPS) is 20.2. The predicted octanol–water partition coefficient (Wildman–Crippen LogP) is 0.532. The molecular formula is C9H11N3O3S. The molecule has 1 aromatic heterocycles. The Kier molecular flexibility index (Phi) is 3.04. The lowest BCUT2D eigenvalue weighted by Crippen LogP contribution is -2.44. The molecule has 1 aromatic rings. The Morgan fingerprint density at radius 2 is 2.50 bits per heavy atom. The van der Waals surface area contributed by atoms with Crippen LogP contribution in [0.1, 0.15) is 23.3 Å². The summed E-state index contributed by atoms with van der Waals surface area (Å²) >= 11 is 1.19. The number of carboxylic acid groups (broad SMARTS) is 1. The van der Waals surface area contributed by atoms with Gasteiger partial charge in [-0.15, -0.1) is 11.3 Å². The third kappa shape index (κ3) is 2.30. The minimum absolute atomic E-state index is 0.00344. The van der Waals surface area contributed by atoms with Crippen LogP contribution < -0.4 is 10.6 Å². The molecule has 7 heteroatoms. The van der Waals surface area contributed by atoms with E-state index in [9.17, 15) is 9.59 Å². The van der Waals surface area contributed by atoms with Crippen LogP contribution in [-0.2, 0) is 4.79 Å². The Hall–Kier alpha value is -1.63. The third-order valence-corrected chi connectivity index (χ3v) is 3.08. The monoisotopic (exact) mass is 241 g/mol. The van der Waals surface area contributed by atoms with E-state index in [4.69, 9.17) is 5.11 Å². The first kappa shape index (κ1) is 10.9. The smallest absolute Gasteiger partial charge is 0.355 e. The summed E-state index contributed by atoms with van der Waals surface area (Å²) in [5, 5.41) is 16.3. The van der Waals surface area contributed by atoms with Crippen molar-refractivity contribution in [3.05, 3.63) is 11.1 Å². The van der Waals surface area contributed by atoms with Crippen molar-refractivity contribution in [3.8, 4) is 0 Å². The van der Waals surface area contributed by atoms with Gasteiger partial charge in [0.05, 0.1) is 0 Å². The second-order valence-electron chi connectivity index (χ2n) is 3.47. The molecule has 1 aliphatic rings. The van der Waals surface area contributed by atoms with Crippen LogP contribution in [0.5, 0.6) is 0 Å². The van der Waals surface area contributed by atoms with Crippen molar-refractivity contribution < 1.29 is 14.7 Å². The van der Waals surface area contributed by atoms with E-state index in [1.54, 1.807) is 0 Å². The van der Waals surface area contributed by atoms with E-state index in [2.05, 4.69) is 15.6 Å². The molecule has 2 rings (SSSR count). The highest BCUT2D eigenvalue weighted by molar-refractivity contribution is 7.13. The van der Waals surface area contributed by atoms with E-state index < -0.39 is 5.97 Å². The Labute approximate surface area is 95.7 Å². The number of hydrogen-bond acceptors (Lipinski definition) is 5. The van der Waals surface area contributed by atoms with Crippen molar-refractivity contribution in [1.82, 2.24) is 10.3 Å². The highest BCUT2D eigenvalue weighted by atomic mass is 32.1. The molecule has 16 heavy (non-hydrogen) atoms. The minimum Gasteiger partial charge on any atom is -0.476 e. The lowest BCUT2D eigenvalue weighted by atomic mass is 10.1. The van der Waals surface area contributed by atoms with Gasteiger partial charge in [-0.2, -0.15) is 0 Å². The number of carboxylic acids is 1. The highest BCUT2D eigenvalue weighted by Gasteiger charge is 2.22. The molecule has 0 saturated carbocycles. The SMILES string of the molecule is O=C(O)c1csc(NC2CCCNC2=O)n1. The number of hydrogen-bond donors (Lipinski definition) is 3. The van der Waals surface area contributed by atoms with Crippen molar-refractivity contribution in [2.75, 3.05) is 11.9 Å². The minimum atomic E-state index is -1.06. The van der Waals surface area contributed by atoms with Crippen LogP contribution in [0.2, 0.25) is 0 Å². The summed E-state index contributed by atoms with van der Waals surface area (Å²) in [5.41, 5.74) is 0.00344. The van der Waals surface area contributed by atoms with E-state index in [1.807, 2.05) is 0 Å². The number of amides is 1. The average molecular weight is 241 g/mol. The van der Waals surface area contributed by atoms with Gasteiger partial charge in [0.1, 0.15) is 6.04 Å². The number of piperidine rings is 1. The fourth-order valence-corrected chi connectivity index (χ4v) is 2.24. The lowest BCUT2D eigenvalue weighted by molar-refractivity contribution is -0.123. The van der Waals surface area contributed by atoms with E-state index >= 15 is 0 Å². The number of nitrogens with one attached hydrogen (secondary N) is 2. The first-order chi connectivity index (χ1) is 7.66. The van der Waals surface area contributed by atoms with Crippen molar-refractivity contribution in [1.29, 1.82) is 0 Å². The molecule has 6 nitrogen and oxygen atoms in total. The van der Waals surface area contributed by atoms with Gasteiger partial charge in [-0.3, -0.25) is 4.79 Å². The van der Waals surface area contributed by atoms with Gasteiger partial charge in [0.15, 0.2) is 10.8 Å². The third-order valence-electron chi connectivity index (χ3n) is 2.31. The maximum Gasteiger partial charge on any atom is 0.355 e. The van der Waals surface area contributed by atoms with Crippen molar-refractivity contribution in [2.24, 2.45) is 0 Å². The first-order valence-electron chi connectivity index (χ1n) is 4.90. The van der Waals surface area contributed by atoms with Gasteiger partial charge in [-0.05, 0) is 12.8 Å². The van der Waals surface area contributed by atoms with Gasteiger partial charge >= 0.3 is 5.97 Å². The van der Waals surface area contributed by atoms with Gasteiger partial charge in [-0.25, -0.2) is 9.78 Å². The van der Waals surface area contributed by atoms with Crippen molar-refractivity contribution in [3.63, 3.8) is 0 Å². The number of nitrogens with zero attached hydrogens (tertiary/aromatic N) is 1. The molecule has 0 bridgehead atoms. The summed E-state index contributed by atoms with van der Waals surface area (Å²) < 4.78 is 0. The van der Waals surface area contributed by atoms with Gasteiger partial charge in [0.2, 0.25) is 5.91 Å². The summed E-state index contributed by atoms with van der Waals surface area (Å²) in [6, 6.07) is -0.304. The molecule has 3 N–H and O–H groups in total. The van der Waals surface area contributed by atoms with Gasteiger partial charge < -0.3 is 15.7 Å². The second-order valence-corrected chi connectivity index (χ2v) is 4.33. The van der Waals surface area contributed by atoms with Crippen LogP contribution in [0, 0.1) is 0 Å². The maximum absolute atomic E-state index is 11.4. The largest absolute Gasteiger partial charge is 0.476 e. The molecule has 0 aromatic carbocycles. The van der Waals surface area contributed by atoms with Gasteiger partial charge in [0, 0.05) is 11.9 Å². The molecule has 2 heterocycles. The number of carbonyl (C=O) groups is 2. The molecular weight excluding hydrogens is 230 g/mol. The fourth-order valence-electron chi connectivity index (χ4n) is 1.50. The summed E-state index contributed by atoms with van der Waals surface area (Å²) in [7, 11) is 0. The Balaban J connectivity index is 2.02. The standard InChI is InChI=1S/C9H11N3O3S/c13-7-5(2-1-3-10-7)11-9-12-6(4-16-9)8(14)15/h4-5H,1-3H2,(H,10,13)(H,11,12)(H,14,15). The summed E-state index contributed by atoms with van der Waals surface area (Å²) in [6.45, 7) is 0.704. The number of aromatic nitrogens is 1. The van der Waals surface area contributed by atoms with E-state index in [0.717, 1.165) is 12.8 Å². The Morgan fingerprint density at radius 3 is 3.12 bits per heavy atom. The quantitative estimate of drug-likeness (QED) is 0.718. The number of aromatic carboxylic acids is 1. The Bertz CT molecular complexity index is 418. The van der Waals surface area contributed by atoms with Gasteiger partial charge in [0.25, 0.3) is 0 Å². The topological polar surface area (TPSA) is 91.3 Å². The van der Waals surface area contributed by atoms with E-state index in [1.165, 1.54) is 16.7 Å². The molecule has 1 amide bonds. The zero-order chi connectivity index (χ0) is 11.5. The maximum atomic E-state index is 11.4. The zero-order valence-corrected chi connectivity index (χ0v) is 9.21. The number of carbonyl (C=O) groups excluding carboxylic acids is 1. The van der Waals surface area contributed by atoms with E-state index in [-0.39, 0.29) is 17.6 Å². The predicted molar refractivity (Wildman–Crippen MR) is 58.7 cm³/mol. The molecule has 1 fully saturated rings. The molecule has 0 aliphatic carbocycles. The number of anilines is 1.